The number of carbonyl (C=O) groups is 2. The van der Waals surface area contributed by atoms with Crippen LogP contribution in [0.4, 0.5) is 11.4 Å². The lowest BCUT2D eigenvalue weighted by atomic mass is 10.1. The number of hydrogen-bond acceptors (Lipinski definition) is 5. The van der Waals surface area contributed by atoms with Gasteiger partial charge in [-0.15, -0.1) is 0 Å². The van der Waals surface area contributed by atoms with Crippen LogP contribution in [-0.4, -0.2) is 18.5 Å². The summed E-state index contributed by atoms with van der Waals surface area (Å²) in [7, 11) is 0. The molecular formula is C21H21N3O3. The largest absolute Gasteiger partial charge is 0.462 e. The average Bonchev–Trinajstić information content (AvgIpc) is 2.66. The number of carbonyl (C=O) groups excluding carboxylic acids is 2. The lowest BCUT2D eigenvalue weighted by Crippen LogP contribution is -2.16. The number of hydrogen-bond donors (Lipinski definition) is 2. The molecule has 138 valence electrons. The van der Waals surface area contributed by atoms with Gasteiger partial charge in [-0.2, -0.15) is 5.26 Å². The zero-order valence-electron chi connectivity index (χ0n) is 15.5. The van der Waals surface area contributed by atoms with Crippen molar-refractivity contribution in [1.29, 1.82) is 5.26 Å². The molecule has 6 heteroatoms. The molecule has 0 atom stereocenters. The van der Waals surface area contributed by atoms with Crippen molar-refractivity contribution >= 4 is 23.3 Å². The minimum atomic E-state index is -0.535. The van der Waals surface area contributed by atoms with Gasteiger partial charge >= 0.3 is 5.97 Å². The van der Waals surface area contributed by atoms with Crippen molar-refractivity contribution in [3.8, 4) is 6.07 Å². The summed E-state index contributed by atoms with van der Waals surface area (Å²) in [5.41, 5.74) is 3.27. The van der Waals surface area contributed by atoms with Crippen LogP contribution in [0.2, 0.25) is 0 Å². The number of nitrogens with zero attached hydrogens (tertiary/aromatic N) is 1. The van der Waals surface area contributed by atoms with E-state index in [0.717, 1.165) is 11.1 Å². The van der Waals surface area contributed by atoms with Crippen molar-refractivity contribution < 1.29 is 14.3 Å². The van der Waals surface area contributed by atoms with Crippen LogP contribution in [0.25, 0.3) is 0 Å². The first kappa shape index (κ1) is 19.7. The summed E-state index contributed by atoms with van der Waals surface area (Å²) >= 11 is 0. The maximum absolute atomic E-state index is 12.4. The third kappa shape index (κ3) is 4.95. The van der Waals surface area contributed by atoms with Gasteiger partial charge in [-0.1, -0.05) is 24.3 Å². The van der Waals surface area contributed by atoms with Crippen LogP contribution in [0.3, 0.4) is 0 Å². The number of amides is 1. The van der Waals surface area contributed by atoms with E-state index in [1.807, 2.05) is 32.0 Å². The molecule has 2 aromatic rings. The van der Waals surface area contributed by atoms with Crippen molar-refractivity contribution in [2.45, 2.75) is 20.8 Å². The standard InChI is InChI=1S/C21H21N3O3/c1-4-27-21(26)17-9-5-6-10-19(17)23-13-16(12-22)20(25)24-18-11-7-8-14(2)15(18)3/h5-11,13,23H,4H2,1-3H3,(H,24,25)/b16-13-. The van der Waals surface area contributed by atoms with Gasteiger partial charge in [0.2, 0.25) is 0 Å². The van der Waals surface area contributed by atoms with Gasteiger partial charge in [-0.25, -0.2) is 4.79 Å². The van der Waals surface area contributed by atoms with Gasteiger partial charge in [0.25, 0.3) is 5.91 Å². The fourth-order valence-corrected chi connectivity index (χ4v) is 2.37. The van der Waals surface area contributed by atoms with Crippen LogP contribution in [0, 0.1) is 25.2 Å². The lowest BCUT2D eigenvalue weighted by Gasteiger charge is -2.11. The molecule has 0 aromatic heterocycles. The molecule has 0 unspecified atom stereocenters. The van der Waals surface area contributed by atoms with Crippen LogP contribution in [0.15, 0.2) is 54.2 Å². The molecule has 0 fully saturated rings. The van der Waals surface area contributed by atoms with E-state index >= 15 is 0 Å². The second-order valence-corrected chi connectivity index (χ2v) is 5.78. The van der Waals surface area contributed by atoms with E-state index in [1.54, 1.807) is 37.3 Å². The van der Waals surface area contributed by atoms with E-state index in [-0.39, 0.29) is 12.2 Å². The zero-order chi connectivity index (χ0) is 19.8. The van der Waals surface area contributed by atoms with Gasteiger partial charge < -0.3 is 15.4 Å². The molecule has 0 bridgehead atoms. The van der Waals surface area contributed by atoms with E-state index in [4.69, 9.17) is 4.74 Å². The first-order valence-corrected chi connectivity index (χ1v) is 8.48. The maximum Gasteiger partial charge on any atom is 0.340 e. The average molecular weight is 363 g/mol. The van der Waals surface area contributed by atoms with Gasteiger partial charge in [0.05, 0.1) is 17.9 Å². The van der Waals surface area contributed by atoms with Gasteiger partial charge in [-0.05, 0) is 50.1 Å². The molecule has 0 aliphatic carbocycles. The van der Waals surface area contributed by atoms with Gasteiger partial charge in [0.15, 0.2) is 0 Å². The molecule has 0 saturated heterocycles. The Morgan fingerprint density at radius 2 is 1.81 bits per heavy atom. The van der Waals surface area contributed by atoms with E-state index in [0.29, 0.717) is 16.9 Å². The van der Waals surface area contributed by atoms with E-state index in [2.05, 4.69) is 10.6 Å². The molecule has 0 heterocycles. The number of esters is 1. The van der Waals surface area contributed by atoms with Crippen molar-refractivity contribution in [2.24, 2.45) is 0 Å². The van der Waals surface area contributed by atoms with Gasteiger partial charge in [-0.3, -0.25) is 4.79 Å². The van der Waals surface area contributed by atoms with Crippen LogP contribution in [-0.2, 0) is 9.53 Å². The minimum absolute atomic E-state index is 0.116. The van der Waals surface area contributed by atoms with Crippen LogP contribution >= 0.6 is 0 Å². The molecule has 0 radical (unpaired) electrons. The number of nitriles is 1. The predicted octanol–water partition coefficient (Wildman–Crippen LogP) is 3.94. The summed E-state index contributed by atoms with van der Waals surface area (Å²) in [4.78, 5) is 24.4. The summed E-state index contributed by atoms with van der Waals surface area (Å²) < 4.78 is 5.01. The molecule has 0 aliphatic heterocycles. The molecule has 2 N–H and O–H groups in total. The number of benzene rings is 2. The lowest BCUT2D eigenvalue weighted by molar-refractivity contribution is -0.112. The van der Waals surface area contributed by atoms with E-state index in [1.165, 1.54) is 6.20 Å². The van der Waals surface area contributed by atoms with Crippen molar-refractivity contribution in [3.63, 3.8) is 0 Å². The highest BCUT2D eigenvalue weighted by molar-refractivity contribution is 6.07. The normalized spacial score (nSPS) is 10.7. The number of para-hydroxylation sites is 1. The number of nitrogens with one attached hydrogen (secondary N) is 2. The topological polar surface area (TPSA) is 91.2 Å². The zero-order valence-corrected chi connectivity index (χ0v) is 15.5. The monoisotopic (exact) mass is 363 g/mol. The van der Waals surface area contributed by atoms with Gasteiger partial charge in [0, 0.05) is 11.9 Å². The van der Waals surface area contributed by atoms with Crippen molar-refractivity contribution in [1.82, 2.24) is 0 Å². The number of anilines is 2. The Hall–Kier alpha value is -3.59. The Balaban J connectivity index is 2.20. The molecule has 0 aliphatic rings. The summed E-state index contributed by atoms with van der Waals surface area (Å²) in [6.45, 7) is 5.82. The molecule has 6 nitrogen and oxygen atoms in total. The van der Waals surface area contributed by atoms with Crippen molar-refractivity contribution in [3.05, 3.63) is 70.9 Å². The third-order valence-corrected chi connectivity index (χ3v) is 4.01. The Bertz CT molecular complexity index is 927. The predicted molar refractivity (Wildman–Crippen MR) is 104 cm³/mol. The maximum atomic E-state index is 12.4. The number of aryl methyl sites for hydroxylation is 1. The third-order valence-electron chi connectivity index (χ3n) is 4.01. The molecule has 0 saturated carbocycles. The summed E-state index contributed by atoms with van der Waals surface area (Å²) in [6.07, 6.45) is 1.28. The second kappa shape index (κ2) is 9.20. The number of ether oxygens (including phenoxy) is 1. The van der Waals surface area contributed by atoms with Crippen LogP contribution in [0.1, 0.15) is 28.4 Å². The minimum Gasteiger partial charge on any atom is -0.462 e. The fourth-order valence-electron chi connectivity index (χ4n) is 2.37. The highest BCUT2D eigenvalue weighted by atomic mass is 16.5. The molecule has 2 rings (SSSR count). The Morgan fingerprint density at radius 1 is 1.11 bits per heavy atom. The Labute approximate surface area is 158 Å². The van der Waals surface area contributed by atoms with Crippen LogP contribution in [0.5, 0.6) is 0 Å². The molecule has 2 aromatic carbocycles. The van der Waals surface area contributed by atoms with Crippen molar-refractivity contribution in [2.75, 3.05) is 17.2 Å². The van der Waals surface area contributed by atoms with Crippen LogP contribution < -0.4 is 10.6 Å². The summed E-state index contributed by atoms with van der Waals surface area (Å²) in [5, 5.41) is 14.9. The first-order chi connectivity index (χ1) is 13.0. The summed E-state index contributed by atoms with van der Waals surface area (Å²) in [5.74, 6) is -1.01. The van der Waals surface area contributed by atoms with E-state index in [9.17, 15) is 14.9 Å². The van der Waals surface area contributed by atoms with Gasteiger partial charge in [0.1, 0.15) is 11.6 Å². The molecule has 27 heavy (non-hydrogen) atoms. The SMILES string of the molecule is CCOC(=O)c1ccccc1N/C=C(/C#N)C(=O)Nc1cccc(C)c1C. The molecule has 1 amide bonds. The number of rotatable bonds is 6. The Morgan fingerprint density at radius 3 is 2.52 bits per heavy atom. The summed E-state index contributed by atoms with van der Waals surface area (Å²) in [6, 6.07) is 14.1. The highest BCUT2D eigenvalue weighted by Gasteiger charge is 2.14. The molecule has 0 spiro atoms. The highest BCUT2D eigenvalue weighted by Crippen LogP contribution is 2.19. The fraction of sp³-hybridized carbons (Fsp3) is 0.190. The molecular weight excluding hydrogens is 342 g/mol. The Kier molecular flexibility index (Phi) is 6.73. The van der Waals surface area contributed by atoms with E-state index < -0.39 is 11.9 Å². The smallest absolute Gasteiger partial charge is 0.340 e. The first-order valence-electron chi connectivity index (χ1n) is 8.48. The second-order valence-electron chi connectivity index (χ2n) is 5.78. The quantitative estimate of drug-likeness (QED) is 0.461.